The van der Waals surface area contributed by atoms with E-state index in [0.29, 0.717) is 30.8 Å². The first-order valence-corrected chi connectivity index (χ1v) is 9.50. The summed E-state index contributed by atoms with van der Waals surface area (Å²) in [5.74, 6) is 0.863. The maximum Gasteiger partial charge on any atom is 0.223 e. The summed E-state index contributed by atoms with van der Waals surface area (Å²) in [6.45, 7) is 5.83. The maximum atomic E-state index is 12.6. The Labute approximate surface area is 154 Å². The fourth-order valence-corrected chi connectivity index (χ4v) is 4.51. The van der Waals surface area contributed by atoms with Crippen LogP contribution in [0.3, 0.4) is 0 Å². The molecule has 2 aromatic heterocycles. The zero-order valence-electron chi connectivity index (χ0n) is 15.6. The van der Waals surface area contributed by atoms with Crippen LogP contribution in [-0.4, -0.2) is 49.6 Å². The zero-order chi connectivity index (χ0) is 18.1. The molecule has 0 spiro atoms. The van der Waals surface area contributed by atoms with Gasteiger partial charge in [-0.2, -0.15) is 5.10 Å². The van der Waals surface area contributed by atoms with Crippen molar-refractivity contribution < 1.29 is 4.79 Å². The predicted molar refractivity (Wildman–Crippen MR) is 99.1 cm³/mol. The second kappa shape index (κ2) is 7.19. The lowest BCUT2D eigenvalue weighted by molar-refractivity contribution is -0.142. The number of carbonyl (C=O) groups is 1. The minimum atomic E-state index is 0.298. The minimum absolute atomic E-state index is 0.298. The molecular formula is C20H27N5O. The zero-order valence-corrected chi connectivity index (χ0v) is 15.6. The molecule has 26 heavy (non-hydrogen) atoms. The largest absolute Gasteiger partial charge is 0.335 e. The molecule has 2 aromatic rings. The second-order valence-corrected chi connectivity index (χ2v) is 7.69. The number of rotatable bonds is 4. The fourth-order valence-electron chi connectivity index (χ4n) is 4.51. The number of aromatic nitrogens is 3. The van der Waals surface area contributed by atoms with Crippen molar-refractivity contribution in [1.82, 2.24) is 24.6 Å². The minimum Gasteiger partial charge on any atom is -0.335 e. The third-order valence-electron chi connectivity index (χ3n) is 5.81. The normalized spacial score (nSPS) is 23.9. The van der Waals surface area contributed by atoms with E-state index in [2.05, 4.69) is 39.1 Å². The van der Waals surface area contributed by atoms with Crippen molar-refractivity contribution in [3.05, 3.63) is 47.5 Å². The molecule has 0 saturated carbocycles. The molecule has 1 amide bonds. The summed E-state index contributed by atoms with van der Waals surface area (Å²) in [4.78, 5) is 21.4. The van der Waals surface area contributed by atoms with Crippen molar-refractivity contribution in [2.24, 2.45) is 13.0 Å². The Hall–Kier alpha value is -2.21. The van der Waals surface area contributed by atoms with Crippen LogP contribution in [0.1, 0.15) is 36.1 Å². The average Bonchev–Trinajstić information content (AvgIpc) is 2.95. The molecule has 6 heteroatoms. The Balaban J connectivity index is 1.43. The lowest BCUT2D eigenvalue weighted by Crippen LogP contribution is -2.55. The van der Waals surface area contributed by atoms with E-state index < -0.39 is 0 Å². The molecule has 2 aliphatic heterocycles. The van der Waals surface area contributed by atoms with E-state index in [4.69, 9.17) is 0 Å². The van der Waals surface area contributed by atoms with Crippen LogP contribution < -0.4 is 0 Å². The average molecular weight is 353 g/mol. The van der Waals surface area contributed by atoms with Crippen molar-refractivity contribution in [2.75, 3.05) is 13.1 Å². The summed E-state index contributed by atoms with van der Waals surface area (Å²) < 4.78 is 1.90. The quantitative estimate of drug-likeness (QED) is 0.845. The third kappa shape index (κ3) is 3.51. The van der Waals surface area contributed by atoms with E-state index in [-0.39, 0.29) is 0 Å². The van der Waals surface area contributed by atoms with Gasteiger partial charge >= 0.3 is 0 Å². The summed E-state index contributed by atoms with van der Waals surface area (Å²) in [7, 11) is 1.98. The van der Waals surface area contributed by atoms with Gasteiger partial charge in [0.1, 0.15) is 0 Å². The predicted octanol–water partition coefficient (Wildman–Crippen LogP) is 2.14. The highest BCUT2D eigenvalue weighted by Gasteiger charge is 2.39. The smallest absolute Gasteiger partial charge is 0.223 e. The van der Waals surface area contributed by atoms with E-state index >= 15 is 0 Å². The summed E-state index contributed by atoms with van der Waals surface area (Å²) in [6.07, 6.45) is 8.51. The lowest BCUT2D eigenvalue weighted by atomic mass is 9.83. The lowest BCUT2D eigenvalue weighted by Gasteiger charge is -2.47. The van der Waals surface area contributed by atoms with Gasteiger partial charge in [-0.05, 0) is 37.3 Å². The molecule has 0 N–H and O–H groups in total. The van der Waals surface area contributed by atoms with Crippen LogP contribution in [0.4, 0.5) is 0 Å². The number of likely N-dealkylation sites (tertiary alicyclic amines) is 2. The molecule has 0 unspecified atom stereocenters. The number of hydrogen-bond acceptors (Lipinski definition) is 4. The molecule has 6 nitrogen and oxygen atoms in total. The Morgan fingerprint density at radius 1 is 1.27 bits per heavy atom. The van der Waals surface area contributed by atoms with Crippen molar-refractivity contribution in [1.29, 1.82) is 0 Å². The van der Waals surface area contributed by atoms with Crippen molar-refractivity contribution in [3.63, 3.8) is 0 Å². The molecule has 4 heterocycles. The number of aryl methyl sites for hydroxylation is 2. The van der Waals surface area contributed by atoms with Gasteiger partial charge < -0.3 is 4.90 Å². The van der Waals surface area contributed by atoms with Gasteiger partial charge in [0, 0.05) is 69.8 Å². The molecule has 0 radical (unpaired) electrons. The van der Waals surface area contributed by atoms with Crippen LogP contribution in [-0.2, 0) is 24.9 Å². The molecule has 2 atom stereocenters. The maximum absolute atomic E-state index is 12.6. The van der Waals surface area contributed by atoms with Gasteiger partial charge in [-0.15, -0.1) is 0 Å². The molecule has 138 valence electrons. The van der Waals surface area contributed by atoms with Crippen LogP contribution in [0, 0.1) is 12.8 Å². The number of hydrogen-bond donors (Lipinski definition) is 0. The highest BCUT2D eigenvalue weighted by Crippen LogP contribution is 2.33. The van der Waals surface area contributed by atoms with E-state index in [0.717, 1.165) is 43.7 Å². The van der Waals surface area contributed by atoms with Crippen molar-refractivity contribution >= 4 is 5.91 Å². The van der Waals surface area contributed by atoms with E-state index in [1.54, 1.807) is 6.20 Å². The van der Waals surface area contributed by atoms with Crippen LogP contribution in [0.25, 0.3) is 0 Å². The topological polar surface area (TPSA) is 54.3 Å². The number of piperidine rings is 2. The van der Waals surface area contributed by atoms with Gasteiger partial charge in [0.25, 0.3) is 0 Å². The highest BCUT2D eigenvalue weighted by molar-refractivity contribution is 5.77. The summed E-state index contributed by atoms with van der Waals surface area (Å²) >= 11 is 0. The van der Waals surface area contributed by atoms with E-state index in [1.807, 2.05) is 24.0 Å². The van der Waals surface area contributed by atoms with Crippen molar-refractivity contribution in [2.45, 2.75) is 45.3 Å². The van der Waals surface area contributed by atoms with Gasteiger partial charge in [-0.3, -0.25) is 19.4 Å². The molecule has 0 bridgehead atoms. The fraction of sp³-hybridized carbons (Fsp3) is 0.550. The first-order chi connectivity index (χ1) is 12.6. The Kier molecular flexibility index (Phi) is 4.76. The summed E-state index contributed by atoms with van der Waals surface area (Å²) in [6, 6.07) is 4.37. The molecule has 0 aliphatic carbocycles. The first kappa shape index (κ1) is 17.2. The molecule has 2 aliphatic rings. The Morgan fingerprint density at radius 2 is 2.15 bits per heavy atom. The van der Waals surface area contributed by atoms with Crippen LogP contribution >= 0.6 is 0 Å². The Morgan fingerprint density at radius 3 is 2.88 bits per heavy atom. The van der Waals surface area contributed by atoms with E-state index in [9.17, 15) is 4.79 Å². The standard InChI is InChI=1S/C20H27N5O/c1-15-18(12-23(2)22-15)14-24-9-7-19-17(13-24)5-6-20(26)25(19)11-16-4-3-8-21-10-16/h3-4,8,10,12,17,19H,5-7,9,11,13-14H2,1-2H3/t17-,19+/m1/s1. The number of pyridine rings is 1. The third-order valence-corrected chi connectivity index (χ3v) is 5.81. The number of amides is 1. The van der Waals surface area contributed by atoms with Crippen LogP contribution in [0.15, 0.2) is 30.7 Å². The number of nitrogens with zero attached hydrogens (tertiary/aromatic N) is 5. The van der Waals surface area contributed by atoms with Gasteiger partial charge in [0.2, 0.25) is 5.91 Å². The van der Waals surface area contributed by atoms with Gasteiger partial charge in [-0.25, -0.2) is 0 Å². The molecule has 2 fully saturated rings. The highest BCUT2D eigenvalue weighted by atomic mass is 16.2. The van der Waals surface area contributed by atoms with Gasteiger partial charge in [-0.1, -0.05) is 6.07 Å². The van der Waals surface area contributed by atoms with Gasteiger partial charge in [0.15, 0.2) is 0 Å². The molecule has 2 saturated heterocycles. The van der Waals surface area contributed by atoms with Crippen molar-refractivity contribution in [3.8, 4) is 0 Å². The van der Waals surface area contributed by atoms with E-state index in [1.165, 1.54) is 5.56 Å². The molecule has 4 rings (SSSR count). The first-order valence-electron chi connectivity index (χ1n) is 9.50. The molecular weight excluding hydrogens is 326 g/mol. The summed E-state index contributed by atoms with van der Waals surface area (Å²) in [5.41, 5.74) is 3.55. The Bertz CT molecular complexity index is 772. The molecule has 0 aromatic carbocycles. The second-order valence-electron chi connectivity index (χ2n) is 7.69. The van der Waals surface area contributed by atoms with Crippen LogP contribution in [0.2, 0.25) is 0 Å². The number of carbonyl (C=O) groups excluding carboxylic acids is 1. The SMILES string of the molecule is Cc1nn(C)cc1CN1CC[C@H]2[C@H](CCC(=O)N2Cc2cccnc2)C1. The van der Waals surface area contributed by atoms with Gasteiger partial charge in [0.05, 0.1) is 5.69 Å². The number of fused-ring (bicyclic) bond motifs is 1. The monoisotopic (exact) mass is 353 g/mol. The van der Waals surface area contributed by atoms with Crippen LogP contribution in [0.5, 0.6) is 0 Å². The summed E-state index contributed by atoms with van der Waals surface area (Å²) in [5, 5.41) is 4.46.